The van der Waals surface area contributed by atoms with Gasteiger partial charge in [0.05, 0.1) is 12.2 Å². The summed E-state index contributed by atoms with van der Waals surface area (Å²) in [4.78, 5) is 11.6. The van der Waals surface area contributed by atoms with E-state index in [0.29, 0.717) is 23.6 Å². The number of rotatable bonds is 7. The van der Waals surface area contributed by atoms with Crippen molar-refractivity contribution in [3.05, 3.63) is 53.5 Å². The van der Waals surface area contributed by atoms with E-state index in [9.17, 15) is 9.90 Å². The number of benzene rings is 1. The topological polar surface area (TPSA) is 80.9 Å². The molecule has 1 atom stereocenters. The number of nitrogens with one attached hydrogen (secondary N) is 1. The Morgan fingerprint density at radius 2 is 1.96 bits per heavy atom. The largest absolute Gasteiger partial charge is 0.490 e. The van der Waals surface area contributed by atoms with Crippen LogP contribution in [-0.4, -0.2) is 42.5 Å². The summed E-state index contributed by atoms with van der Waals surface area (Å²) in [7, 11) is 0. The van der Waals surface area contributed by atoms with Gasteiger partial charge in [-0.2, -0.15) is 0 Å². The number of β-amino-alcohol motifs (C(OH)–C–C–N with tert-alkyl or cyclic N) is 1. The Balaban J connectivity index is 2.01. The normalized spacial score (nSPS) is 12.0. The van der Waals surface area contributed by atoms with Crippen LogP contribution in [0.4, 0.5) is 0 Å². The molecule has 0 saturated carbocycles. The van der Waals surface area contributed by atoms with Crippen molar-refractivity contribution in [2.24, 2.45) is 0 Å². The van der Waals surface area contributed by atoms with Crippen molar-refractivity contribution >= 4 is 5.97 Å². The van der Waals surface area contributed by atoms with Crippen LogP contribution in [0.2, 0.25) is 0 Å². The summed E-state index contributed by atoms with van der Waals surface area (Å²) in [6, 6.07) is 10.4. The van der Waals surface area contributed by atoms with Crippen molar-refractivity contribution in [3.63, 3.8) is 0 Å². The summed E-state index contributed by atoms with van der Waals surface area (Å²) in [6.45, 7) is 8.70. The second-order valence-electron chi connectivity index (χ2n) is 7.23. The van der Waals surface area contributed by atoms with Crippen molar-refractivity contribution in [2.45, 2.75) is 39.3 Å². The molecule has 1 aromatic heterocycles. The van der Waals surface area contributed by atoms with Crippen LogP contribution in [0.15, 0.2) is 40.8 Å². The van der Waals surface area contributed by atoms with Gasteiger partial charge in [0.1, 0.15) is 18.5 Å². The fourth-order valence-electron chi connectivity index (χ4n) is 2.21. The van der Waals surface area contributed by atoms with E-state index in [-0.39, 0.29) is 24.5 Å². The molecule has 1 aromatic carbocycles. The van der Waals surface area contributed by atoms with E-state index in [1.165, 1.54) is 6.07 Å². The third-order valence-corrected chi connectivity index (χ3v) is 3.59. The van der Waals surface area contributed by atoms with Gasteiger partial charge in [0, 0.05) is 12.1 Å². The smallest absolute Gasteiger partial charge is 0.374 e. The summed E-state index contributed by atoms with van der Waals surface area (Å²) in [5.41, 5.74) is 0.586. The highest BCUT2D eigenvalue weighted by Crippen LogP contribution is 2.17. The molecule has 0 amide bonds. The monoisotopic (exact) mass is 385 g/mol. The van der Waals surface area contributed by atoms with Gasteiger partial charge in [-0.1, -0.05) is 18.1 Å². The Bertz CT molecular complexity index is 838. The molecule has 0 saturated heterocycles. The maximum atomic E-state index is 11.6. The maximum absolute atomic E-state index is 11.6. The van der Waals surface area contributed by atoms with Crippen molar-refractivity contribution in [1.29, 1.82) is 0 Å². The van der Waals surface area contributed by atoms with E-state index in [1.807, 2.05) is 39.0 Å². The molecular formula is C22H27NO5. The van der Waals surface area contributed by atoms with Gasteiger partial charge < -0.3 is 24.3 Å². The van der Waals surface area contributed by atoms with E-state index in [0.717, 1.165) is 0 Å². The molecule has 0 aliphatic carbocycles. The van der Waals surface area contributed by atoms with Crippen LogP contribution in [0.5, 0.6) is 5.75 Å². The minimum Gasteiger partial charge on any atom is -0.490 e. The number of furan rings is 1. The van der Waals surface area contributed by atoms with Gasteiger partial charge in [-0.15, -0.1) is 0 Å². The van der Waals surface area contributed by atoms with Crippen LogP contribution in [0.1, 0.15) is 49.6 Å². The second kappa shape index (κ2) is 9.98. The van der Waals surface area contributed by atoms with Crippen LogP contribution in [-0.2, 0) is 4.74 Å². The molecule has 0 bridgehead atoms. The lowest BCUT2D eigenvalue weighted by Crippen LogP contribution is -2.42. The molecule has 0 radical (unpaired) electrons. The number of aliphatic hydroxyl groups excluding tert-OH is 1. The van der Waals surface area contributed by atoms with Crippen LogP contribution in [0.25, 0.3) is 0 Å². The zero-order valence-electron chi connectivity index (χ0n) is 16.7. The van der Waals surface area contributed by atoms with Crippen LogP contribution < -0.4 is 10.1 Å². The first-order valence-electron chi connectivity index (χ1n) is 9.22. The van der Waals surface area contributed by atoms with Gasteiger partial charge in [-0.25, -0.2) is 4.79 Å². The zero-order valence-corrected chi connectivity index (χ0v) is 16.7. The van der Waals surface area contributed by atoms with E-state index < -0.39 is 12.1 Å². The molecule has 28 heavy (non-hydrogen) atoms. The molecule has 0 aliphatic rings. The Kier molecular flexibility index (Phi) is 7.68. The fourth-order valence-corrected chi connectivity index (χ4v) is 2.21. The lowest BCUT2D eigenvalue weighted by Gasteiger charge is -2.23. The predicted octanol–water partition coefficient (Wildman–Crippen LogP) is 2.98. The molecule has 6 heteroatoms. The highest BCUT2D eigenvalue weighted by atomic mass is 16.5. The average Bonchev–Trinajstić information content (AvgIpc) is 3.12. The fraction of sp³-hybridized carbons (Fsp3) is 0.409. The third kappa shape index (κ3) is 7.10. The minimum atomic E-state index is -0.641. The number of hydrogen-bond donors (Lipinski definition) is 2. The van der Waals surface area contributed by atoms with Gasteiger partial charge in [-0.3, -0.25) is 0 Å². The number of aliphatic hydroxyl groups is 1. The van der Waals surface area contributed by atoms with Crippen molar-refractivity contribution < 1.29 is 23.8 Å². The van der Waals surface area contributed by atoms with E-state index >= 15 is 0 Å². The molecule has 2 N–H and O–H groups in total. The Hall–Kier alpha value is -2.75. The SMILES string of the molecule is CCOC(=O)c1ccc(C#Cc2ccccc2OCC(O)CNC(C)(C)C)o1. The van der Waals surface area contributed by atoms with Crippen LogP contribution in [0.3, 0.4) is 0 Å². The molecule has 0 fully saturated rings. The lowest BCUT2D eigenvalue weighted by molar-refractivity contribution is 0.0489. The van der Waals surface area contributed by atoms with Crippen LogP contribution >= 0.6 is 0 Å². The molecule has 6 nitrogen and oxygen atoms in total. The molecule has 0 spiro atoms. The molecule has 150 valence electrons. The summed E-state index contributed by atoms with van der Waals surface area (Å²) in [6.07, 6.45) is -0.641. The van der Waals surface area contributed by atoms with Gasteiger partial charge in [0.2, 0.25) is 5.76 Å². The first-order chi connectivity index (χ1) is 13.3. The highest BCUT2D eigenvalue weighted by molar-refractivity contribution is 5.86. The standard InChI is InChI=1S/C22H27NO5/c1-5-26-21(25)20-13-12-18(28-20)11-10-16-8-6-7-9-19(16)27-15-17(24)14-23-22(2,3)4/h6-9,12-13,17,23-24H,5,14-15H2,1-4H3. The Morgan fingerprint density at radius 1 is 1.21 bits per heavy atom. The van der Waals surface area contributed by atoms with E-state index in [1.54, 1.807) is 19.1 Å². The first-order valence-corrected chi connectivity index (χ1v) is 9.22. The minimum absolute atomic E-state index is 0.0736. The van der Waals surface area contributed by atoms with E-state index in [2.05, 4.69) is 17.2 Å². The Labute approximate surface area is 165 Å². The molecule has 2 aromatic rings. The first kappa shape index (κ1) is 21.5. The van der Waals surface area contributed by atoms with Crippen molar-refractivity contribution in [3.8, 4) is 17.6 Å². The summed E-state index contributed by atoms with van der Waals surface area (Å²) >= 11 is 0. The maximum Gasteiger partial charge on any atom is 0.374 e. The quantitative estimate of drug-likeness (QED) is 0.563. The second-order valence-corrected chi connectivity index (χ2v) is 7.23. The summed E-state index contributed by atoms with van der Waals surface area (Å²) in [5.74, 6) is 6.37. The number of carbonyl (C=O) groups excluding carboxylic acids is 1. The lowest BCUT2D eigenvalue weighted by atomic mass is 10.1. The molecule has 1 unspecified atom stereocenters. The predicted molar refractivity (Wildman–Crippen MR) is 106 cm³/mol. The van der Waals surface area contributed by atoms with Gasteiger partial charge in [0.15, 0.2) is 5.76 Å². The van der Waals surface area contributed by atoms with Gasteiger partial charge in [0.25, 0.3) is 0 Å². The van der Waals surface area contributed by atoms with Gasteiger partial charge in [-0.05, 0) is 57.9 Å². The number of carbonyl (C=O) groups is 1. The van der Waals surface area contributed by atoms with Crippen molar-refractivity contribution in [1.82, 2.24) is 5.32 Å². The van der Waals surface area contributed by atoms with Crippen LogP contribution in [0, 0.1) is 11.8 Å². The highest BCUT2D eigenvalue weighted by Gasteiger charge is 2.13. The molecule has 0 aliphatic heterocycles. The number of hydrogen-bond acceptors (Lipinski definition) is 6. The summed E-state index contributed by atoms with van der Waals surface area (Å²) in [5, 5.41) is 13.3. The molecular weight excluding hydrogens is 358 g/mol. The molecule has 1 heterocycles. The number of esters is 1. The molecule has 2 rings (SSSR count). The average molecular weight is 385 g/mol. The third-order valence-electron chi connectivity index (χ3n) is 3.59. The number of para-hydroxylation sites is 1. The Morgan fingerprint density at radius 3 is 2.68 bits per heavy atom. The zero-order chi connectivity index (χ0) is 20.6. The number of ether oxygens (including phenoxy) is 2. The summed E-state index contributed by atoms with van der Waals surface area (Å²) < 4.78 is 16.0. The van der Waals surface area contributed by atoms with Crippen molar-refractivity contribution in [2.75, 3.05) is 19.8 Å². The van der Waals surface area contributed by atoms with E-state index in [4.69, 9.17) is 13.9 Å². The van der Waals surface area contributed by atoms with Gasteiger partial charge >= 0.3 is 5.97 Å².